The number of morpholine rings is 1. The van der Waals surface area contributed by atoms with Gasteiger partial charge in [0.15, 0.2) is 11.5 Å². The Labute approximate surface area is 167 Å². The van der Waals surface area contributed by atoms with Gasteiger partial charge in [0.25, 0.3) is 11.1 Å². The van der Waals surface area contributed by atoms with Crippen LogP contribution in [0.3, 0.4) is 0 Å². The summed E-state index contributed by atoms with van der Waals surface area (Å²) < 4.78 is 16.2. The van der Waals surface area contributed by atoms with E-state index >= 15 is 0 Å². The number of imide groups is 1. The van der Waals surface area contributed by atoms with E-state index in [1.807, 2.05) is 6.92 Å². The number of nitrogens with zero attached hydrogens (tertiary/aromatic N) is 2. The van der Waals surface area contributed by atoms with E-state index in [-0.39, 0.29) is 17.4 Å². The maximum atomic E-state index is 12.7. The first-order chi connectivity index (χ1) is 13.5. The summed E-state index contributed by atoms with van der Waals surface area (Å²) in [5.41, 5.74) is 0.631. The first-order valence-corrected chi connectivity index (χ1v) is 9.77. The van der Waals surface area contributed by atoms with Gasteiger partial charge in [-0.1, -0.05) is 12.1 Å². The van der Waals surface area contributed by atoms with E-state index in [4.69, 9.17) is 14.2 Å². The van der Waals surface area contributed by atoms with Gasteiger partial charge in [0.05, 0.1) is 31.8 Å². The summed E-state index contributed by atoms with van der Waals surface area (Å²) in [5, 5.41) is -0.460. The highest BCUT2D eigenvalue weighted by Crippen LogP contribution is 2.37. The zero-order valence-electron chi connectivity index (χ0n) is 15.8. The molecule has 150 valence electrons. The van der Waals surface area contributed by atoms with Crippen LogP contribution in [0.25, 0.3) is 6.08 Å². The van der Waals surface area contributed by atoms with E-state index in [9.17, 15) is 14.4 Å². The lowest BCUT2D eigenvalue weighted by molar-refractivity contribution is -0.139. The van der Waals surface area contributed by atoms with Crippen LogP contribution in [0.4, 0.5) is 4.79 Å². The maximum absolute atomic E-state index is 12.7. The summed E-state index contributed by atoms with van der Waals surface area (Å²) in [4.78, 5) is 40.2. The SMILES string of the molecule is CCOc1c(C=C2SC(=O)N(CC(=O)N3CCOCC3)C2=O)cccc1OC. The van der Waals surface area contributed by atoms with E-state index in [1.165, 1.54) is 7.11 Å². The molecular weight excluding hydrogens is 384 g/mol. The molecule has 1 aromatic rings. The fourth-order valence-corrected chi connectivity index (χ4v) is 3.76. The molecule has 0 atom stereocenters. The van der Waals surface area contributed by atoms with Crippen molar-refractivity contribution in [2.24, 2.45) is 0 Å². The van der Waals surface area contributed by atoms with Crippen molar-refractivity contribution in [3.63, 3.8) is 0 Å². The van der Waals surface area contributed by atoms with E-state index in [2.05, 4.69) is 0 Å². The van der Waals surface area contributed by atoms with Crippen LogP contribution in [0.1, 0.15) is 12.5 Å². The number of amides is 3. The van der Waals surface area contributed by atoms with Gasteiger partial charge in [0.2, 0.25) is 5.91 Å². The molecule has 28 heavy (non-hydrogen) atoms. The van der Waals surface area contributed by atoms with Gasteiger partial charge in [-0.25, -0.2) is 0 Å². The number of benzene rings is 1. The highest BCUT2D eigenvalue weighted by atomic mass is 32.2. The minimum absolute atomic E-state index is 0.244. The van der Waals surface area contributed by atoms with Crippen LogP contribution in [0, 0.1) is 0 Å². The van der Waals surface area contributed by atoms with Crippen LogP contribution in [0.2, 0.25) is 0 Å². The number of carbonyl (C=O) groups excluding carboxylic acids is 3. The minimum atomic E-state index is -0.484. The summed E-state index contributed by atoms with van der Waals surface area (Å²) in [7, 11) is 1.53. The fraction of sp³-hybridized carbons (Fsp3) is 0.421. The molecular formula is C19H22N2O6S. The molecule has 8 nitrogen and oxygen atoms in total. The molecule has 0 bridgehead atoms. The lowest BCUT2D eigenvalue weighted by Crippen LogP contribution is -2.46. The van der Waals surface area contributed by atoms with Gasteiger partial charge in [-0.15, -0.1) is 0 Å². The number of para-hydroxylation sites is 1. The molecule has 2 fully saturated rings. The summed E-state index contributed by atoms with van der Waals surface area (Å²) in [5.74, 6) is 0.297. The predicted molar refractivity (Wildman–Crippen MR) is 104 cm³/mol. The predicted octanol–water partition coefficient (Wildman–Crippen LogP) is 1.99. The van der Waals surface area contributed by atoms with Crippen molar-refractivity contribution < 1.29 is 28.6 Å². The lowest BCUT2D eigenvalue weighted by Gasteiger charge is -2.28. The van der Waals surface area contributed by atoms with E-state index in [0.717, 1.165) is 16.7 Å². The van der Waals surface area contributed by atoms with Crippen molar-refractivity contribution in [2.75, 3.05) is 46.6 Å². The molecule has 0 aliphatic carbocycles. The number of hydrogen-bond donors (Lipinski definition) is 0. The Kier molecular flexibility index (Phi) is 6.58. The largest absolute Gasteiger partial charge is 0.493 e. The molecule has 3 rings (SSSR count). The van der Waals surface area contributed by atoms with Crippen molar-refractivity contribution in [3.05, 3.63) is 28.7 Å². The molecule has 2 saturated heterocycles. The molecule has 0 radical (unpaired) electrons. The Balaban J connectivity index is 1.79. The summed E-state index contributed by atoms with van der Waals surface area (Å²) in [6.45, 7) is 3.86. The lowest BCUT2D eigenvalue weighted by atomic mass is 10.1. The molecule has 2 aliphatic heterocycles. The average molecular weight is 406 g/mol. The number of carbonyl (C=O) groups is 3. The Morgan fingerprint density at radius 3 is 2.71 bits per heavy atom. The van der Waals surface area contributed by atoms with Crippen molar-refractivity contribution in [1.29, 1.82) is 0 Å². The van der Waals surface area contributed by atoms with Gasteiger partial charge in [-0.2, -0.15) is 0 Å². The smallest absolute Gasteiger partial charge is 0.294 e. The van der Waals surface area contributed by atoms with E-state index in [1.54, 1.807) is 29.2 Å². The van der Waals surface area contributed by atoms with Crippen LogP contribution in [0.15, 0.2) is 23.1 Å². The Morgan fingerprint density at radius 1 is 1.29 bits per heavy atom. The standard InChI is InChI=1S/C19H22N2O6S/c1-3-27-17-13(5-4-6-14(17)25-2)11-15-18(23)21(19(24)28-15)12-16(22)20-7-9-26-10-8-20/h4-6,11H,3,7-10,12H2,1-2H3. The van der Waals surface area contributed by atoms with Gasteiger partial charge >= 0.3 is 0 Å². The van der Waals surface area contributed by atoms with Crippen LogP contribution >= 0.6 is 11.8 Å². The topological polar surface area (TPSA) is 85.4 Å². The maximum Gasteiger partial charge on any atom is 0.294 e. The normalized spacial score (nSPS) is 18.7. The molecule has 0 saturated carbocycles. The zero-order valence-corrected chi connectivity index (χ0v) is 16.6. The number of ether oxygens (including phenoxy) is 3. The molecule has 0 aromatic heterocycles. The van der Waals surface area contributed by atoms with E-state index < -0.39 is 11.1 Å². The summed E-state index contributed by atoms with van der Waals surface area (Å²) >= 11 is 0.812. The summed E-state index contributed by atoms with van der Waals surface area (Å²) in [6.07, 6.45) is 1.59. The molecule has 1 aromatic carbocycles. The van der Waals surface area contributed by atoms with Crippen LogP contribution < -0.4 is 9.47 Å². The average Bonchev–Trinajstić information content (AvgIpc) is 2.97. The molecule has 3 amide bonds. The van der Waals surface area contributed by atoms with E-state index in [0.29, 0.717) is 50.0 Å². The number of methoxy groups -OCH3 is 1. The highest BCUT2D eigenvalue weighted by molar-refractivity contribution is 8.18. The number of thioether (sulfide) groups is 1. The van der Waals surface area contributed by atoms with Crippen molar-refractivity contribution in [2.45, 2.75) is 6.92 Å². The zero-order chi connectivity index (χ0) is 20.1. The first kappa shape index (κ1) is 20.2. The van der Waals surface area contributed by atoms with Crippen LogP contribution in [-0.4, -0.2) is 73.4 Å². The second-order valence-corrected chi connectivity index (χ2v) is 7.07. The second-order valence-electron chi connectivity index (χ2n) is 6.07. The molecule has 2 aliphatic rings. The van der Waals surface area contributed by atoms with Gasteiger partial charge in [0.1, 0.15) is 6.54 Å². The highest BCUT2D eigenvalue weighted by Gasteiger charge is 2.37. The molecule has 0 N–H and O–H groups in total. The molecule has 9 heteroatoms. The van der Waals surface area contributed by atoms with Gasteiger partial charge in [0, 0.05) is 18.7 Å². The Bertz CT molecular complexity index is 804. The summed E-state index contributed by atoms with van der Waals surface area (Å²) in [6, 6.07) is 5.31. The third-order valence-electron chi connectivity index (χ3n) is 4.34. The number of hydrogen-bond acceptors (Lipinski definition) is 7. The van der Waals surface area contributed by atoms with Gasteiger partial charge in [-0.3, -0.25) is 19.3 Å². The fourth-order valence-electron chi connectivity index (χ4n) is 2.93. The van der Waals surface area contributed by atoms with Crippen molar-refractivity contribution >= 4 is 34.9 Å². The van der Waals surface area contributed by atoms with Crippen LogP contribution in [0.5, 0.6) is 11.5 Å². The Morgan fingerprint density at radius 2 is 2.04 bits per heavy atom. The van der Waals surface area contributed by atoms with Gasteiger partial charge < -0.3 is 19.1 Å². The van der Waals surface area contributed by atoms with Crippen LogP contribution in [-0.2, 0) is 14.3 Å². The first-order valence-electron chi connectivity index (χ1n) is 8.95. The third-order valence-corrected chi connectivity index (χ3v) is 5.24. The molecule has 0 unspecified atom stereocenters. The quantitative estimate of drug-likeness (QED) is 0.668. The third kappa shape index (κ3) is 4.31. The van der Waals surface area contributed by atoms with Crippen molar-refractivity contribution in [3.8, 4) is 11.5 Å². The molecule has 2 heterocycles. The minimum Gasteiger partial charge on any atom is -0.493 e. The van der Waals surface area contributed by atoms with Gasteiger partial charge in [-0.05, 0) is 30.8 Å². The Hall–Kier alpha value is -2.52. The monoisotopic (exact) mass is 406 g/mol. The number of rotatable bonds is 6. The molecule has 0 spiro atoms. The second kappa shape index (κ2) is 9.11. The van der Waals surface area contributed by atoms with Crippen molar-refractivity contribution in [1.82, 2.24) is 9.80 Å².